The molecule has 0 aliphatic heterocycles. The molecular weight excluding hydrogens is 274 g/mol. The number of hydrogen-bond donors (Lipinski definition) is 2. The maximum atomic E-state index is 11.1. The Kier molecular flexibility index (Phi) is 4.16. The van der Waals surface area contributed by atoms with Crippen molar-refractivity contribution in [2.24, 2.45) is 10.2 Å². The molecule has 3 N–H and O–H groups in total. The second kappa shape index (κ2) is 5.85. The van der Waals surface area contributed by atoms with Crippen LogP contribution in [0.4, 0.5) is 5.69 Å². The molecule has 0 spiro atoms. The van der Waals surface area contributed by atoms with Crippen molar-refractivity contribution in [3.63, 3.8) is 0 Å². The fraction of sp³-hybridized carbons (Fsp3) is 0.0714. The van der Waals surface area contributed by atoms with E-state index in [0.29, 0.717) is 5.69 Å². The summed E-state index contributed by atoms with van der Waals surface area (Å²) in [5.74, 6) is 0. The van der Waals surface area contributed by atoms with Crippen LogP contribution in [0.5, 0.6) is 0 Å². The molecule has 2 aromatic rings. The van der Waals surface area contributed by atoms with E-state index in [1.54, 1.807) is 18.3 Å². The molecule has 0 aliphatic rings. The quantitative estimate of drug-likeness (QED) is 0.667. The molecule has 0 aliphatic carbocycles. The predicted octanol–water partition coefficient (Wildman–Crippen LogP) is 2.09. The lowest BCUT2D eigenvalue weighted by Gasteiger charge is -2.02. The fourth-order valence-electron chi connectivity index (χ4n) is 1.55. The zero-order valence-electron chi connectivity index (χ0n) is 10.9. The number of rotatable bonds is 4. The highest BCUT2D eigenvalue weighted by atomic mass is 32.2. The Morgan fingerprint density at radius 3 is 2.20 bits per heavy atom. The van der Waals surface area contributed by atoms with Crippen LogP contribution < -0.4 is 10.6 Å². The third-order valence-corrected chi connectivity index (χ3v) is 3.60. The number of nitrogens with zero attached hydrogens (tertiary/aromatic N) is 1. The average Bonchev–Trinajstić information content (AvgIpc) is 2.41. The molecule has 0 heterocycles. The summed E-state index contributed by atoms with van der Waals surface area (Å²) in [5, 5.41) is 9.10. The van der Waals surface area contributed by atoms with Gasteiger partial charge in [-0.2, -0.15) is 5.10 Å². The van der Waals surface area contributed by atoms with Crippen molar-refractivity contribution < 1.29 is 8.42 Å². The van der Waals surface area contributed by atoms with Crippen LogP contribution in [0.3, 0.4) is 0 Å². The van der Waals surface area contributed by atoms with Crippen molar-refractivity contribution in [2.75, 3.05) is 5.43 Å². The first kappa shape index (κ1) is 14.2. The van der Waals surface area contributed by atoms with E-state index < -0.39 is 10.0 Å². The summed E-state index contributed by atoms with van der Waals surface area (Å²) in [5.41, 5.74) is 5.67. The third kappa shape index (κ3) is 3.91. The van der Waals surface area contributed by atoms with Crippen LogP contribution in [0.25, 0.3) is 0 Å². The van der Waals surface area contributed by atoms with Gasteiger partial charge in [0, 0.05) is 0 Å². The highest BCUT2D eigenvalue weighted by molar-refractivity contribution is 7.89. The Morgan fingerprint density at radius 1 is 1.05 bits per heavy atom. The summed E-state index contributed by atoms with van der Waals surface area (Å²) < 4.78 is 22.2. The van der Waals surface area contributed by atoms with Gasteiger partial charge in [-0.3, -0.25) is 5.43 Å². The van der Waals surface area contributed by atoms with E-state index in [9.17, 15) is 8.42 Å². The number of benzene rings is 2. The number of nitrogens with two attached hydrogens (primary N) is 1. The lowest BCUT2D eigenvalue weighted by molar-refractivity contribution is 0.598. The minimum Gasteiger partial charge on any atom is -0.279 e. The fourth-order valence-corrected chi connectivity index (χ4v) is 2.07. The van der Waals surface area contributed by atoms with Crippen LogP contribution in [0.15, 0.2) is 58.5 Å². The van der Waals surface area contributed by atoms with Gasteiger partial charge < -0.3 is 0 Å². The number of anilines is 1. The van der Waals surface area contributed by atoms with Crippen LogP contribution in [-0.2, 0) is 10.0 Å². The van der Waals surface area contributed by atoms with Crippen LogP contribution in [0.2, 0.25) is 0 Å². The van der Waals surface area contributed by atoms with Gasteiger partial charge in [-0.15, -0.1) is 0 Å². The highest BCUT2D eigenvalue weighted by Crippen LogP contribution is 2.12. The maximum absolute atomic E-state index is 11.1. The summed E-state index contributed by atoms with van der Waals surface area (Å²) in [6, 6.07) is 14.0. The molecule has 20 heavy (non-hydrogen) atoms. The van der Waals surface area contributed by atoms with Gasteiger partial charge in [0.2, 0.25) is 10.0 Å². The minimum absolute atomic E-state index is 0.0746. The van der Waals surface area contributed by atoms with Crippen molar-refractivity contribution in [2.45, 2.75) is 11.8 Å². The van der Waals surface area contributed by atoms with Crippen molar-refractivity contribution >= 4 is 21.9 Å². The number of primary sulfonamides is 1. The summed E-state index contributed by atoms with van der Waals surface area (Å²) in [6.45, 7) is 2.02. The van der Waals surface area contributed by atoms with E-state index in [2.05, 4.69) is 10.5 Å². The number of sulfonamides is 1. The monoisotopic (exact) mass is 289 g/mol. The summed E-state index contributed by atoms with van der Waals surface area (Å²) in [4.78, 5) is 0.0746. The van der Waals surface area contributed by atoms with E-state index in [4.69, 9.17) is 5.14 Å². The maximum Gasteiger partial charge on any atom is 0.238 e. The Morgan fingerprint density at radius 2 is 1.65 bits per heavy atom. The molecule has 0 atom stereocenters. The normalized spacial score (nSPS) is 11.7. The lowest BCUT2D eigenvalue weighted by atomic mass is 10.2. The SMILES string of the molecule is Cc1ccc(C=NNc2ccc(S(N)(=O)=O)cc2)cc1. The smallest absolute Gasteiger partial charge is 0.238 e. The van der Waals surface area contributed by atoms with Crippen molar-refractivity contribution in [1.82, 2.24) is 0 Å². The molecule has 0 unspecified atom stereocenters. The third-order valence-electron chi connectivity index (χ3n) is 2.67. The summed E-state index contributed by atoms with van der Waals surface area (Å²) in [7, 11) is -3.65. The average molecular weight is 289 g/mol. The minimum atomic E-state index is -3.65. The number of aryl methyl sites for hydroxylation is 1. The van der Waals surface area contributed by atoms with E-state index in [-0.39, 0.29) is 4.90 Å². The van der Waals surface area contributed by atoms with Crippen molar-refractivity contribution in [1.29, 1.82) is 0 Å². The van der Waals surface area contributed by atoms with Crippen molar-refractivity contribution in [3.05, 3.63) is 59.7 Å². The van der Waals surface area contributed by atoms with E-state index in [1.807, 2.05) is 31.2 Å². The molecule has 0 fully saturated rings. The summed E-state index contributed by atoms with van der Waals surface area (Å²) in [6.07, 6.45) is 1.69. The summed E-state index contributed by atoms with van der Waals surface area (Å²) >= 11 is 0. The van der Waals surface area contributed by atoms with Crippen molar-refractivity contribution in [3.8, 4) is 0 Å². The molecule has 2 rings (SSSR count). The molecule has 0 saturated heterocycles. The molecule has 0 amide bonds. The first-order chi connectivity index (χ1) is 9.45. The zero-order valence-corrected chi connectivity index (χ0v) is 11.8. The van der Waals surface area contributed by atoms with Gasteiger partial charge in [-0.1, -0.05) is 29.8 Å². The van der Waals surface area contributed by atoms with Gasteiger partial charge in [-0.05, 0) is 36.8 Å². The van der Waals surface area contributed by atoms with Gasteiger partial charge in [0.05, 0.1) is 16.8 Å². The number of nitrogens with one attached hydrogen (secondary N) is 1. The van der Waals surface area contributed by atoms with E-state index in [1.165, 1.54) is 17.7 Å². The molecule has 2 aromatic carbocycles. The highest BCUT2D eigenvalue weighted by Gasteiger charge is 2.05. The van der Waals surface area contributed by atoms with E-state index >= 15 is 0 Å². The largest absolute Gasteiger partial charge is 0.279 e. The Hall–Kier alpha value is -2.18. The van der Waals surface area contributed by atoms with Gasteiger partial charge in [0.25, 0.3) is 0 Å². The molecule has 0 saturated carbocycles. The Balaban J connectivity index is 2.02. The number of hydrogen-bond acceptors (Lipinski definition) is 4. The first-order valence-corrected chi connectivity index (χ1v) is 7.48. The van der Waals surface area contributed by atoms with Crippen LogP contribution in [0, 0.1) is 6.92 Å². The van der Waals surface area contributed by atoms with Crippen LogP contribution in [-0.4, -0.2) is 14.6 Å². The molecule has 0 aromatic heterocycles. The topological polar surface area (TPSA) is 84.5 Å². The van der Waals surface area contributed by atoms with E-state index in [0.717, 1.165) is 5.56 Å². The lowest BCUT2D eigenvalue weighted by Crippen LogP contribution is -2.11. The van der Waals surface area contributed by atoms with Gasteiger partial charge in [0.1, 0.15) is 0 Å². The molecule has 5 nitrogen and oxygen atoms in total. The van der Waals surface area contributed by atoms with Crippen LogP contribution in [0.1, 0.15) is 11.1 Å². The van der Waals surface area contributed by atoms with Gasteiger partial charge >= 0.3 is 0 Å². The van der Waals surface area contributed by atoms with Gasteiger partial charge in [0.15, 0.2) is 0 Å². The molecule has 6 heteroatoms. The molecular formula is C14H15N3O2S. The van der Waals surface area contributed by atoms with Gasteiger partial charge in [-0.25, -0.2) is 13.6 Å². The first-order valence-electron chi connectivity index (χ1n) is 5.94. The second-order valence-electron chi connectivity index (χ2n) is 4.35. The standard InChI is InChI=1S/C14H15N3O2S/c1-11-2-4-12(5-3-11)10-16-17-13-6-8-14(9-7-13)20(15,18)19/h2-10,17H,1H3,(H2,15,18,19). The number of hydrazone groups is 1. The predicted molar refractivity (Wildman–Crippen MR) is 80.2 cm³/mol. The Labute approximate surface area is 118 Å². The van der Waals surface area contributed by atoms with Crippen LogP contribution >= 0.6 is 0 Å². The molecule has 0 radical (unpaired) electrons. The second-order valence-corrected chi connectivity index (χ2v) is 5.91. The zero-order chi connectivity index (χ0) is 14.6. The Bertz CT molecular complexity index is 705. The molecule has 0 bridgehead atoms. The molecule has 104 valence electrons.